The molecule has 57 heavy (non-hydrogen) atoms. The molecule has 6 nitrogen and oxygen atoms in total. The highest BCUT2D eigenvalue weighted by Gasteiger charge is 2.20. The summed E-state index contributed by atoms with van der Waals surface area (Å²) in [5.74, 6) is -1.53. The second-order valence-electron chi connectivity index (χ2n) is 14.2. The molecular formula is C47H39N3O3S4. The minimum atomic E-state index is -1.11. The Morgan fingerprint density at radius 3 is 1.95 bits per heavy atom. The lowest BCUT2D eigenvalue weighted by molar-refractivity contribution is -0.142. The van der Waals surface area contributed by atoms with Gasteiger partial charge in [-0.25, -0.2) is 0 Å². The molecule has 1 N–H and O–H groups in total. The number of fused-ring (bicyclic) bond motifs is 3. The zero-order valence-electron chi connectivity index (χ0n) is 32.0. The Morgan fingerprint density at radius 2 is 1.28 bits per heavy atom. The van der Waals surface area contributed by atoms with Crippen LogP contribution in [-0.2, 0) is 16.1 Å². The number of aryl methyl sites for hydroxylation is 4. The van der Waals surface area contributed by atoms with E-state index in [9.17, 15) is 14.7 Å². The smallest absolute Gasteiger partial charge is 0.323 e. The van der Waals surface area contributed by atoms with Gasteiger partial charge in [0.1, 0.15) is 6.54 Å². The lowest BCUT2D eigenvalue weighted by Gasteiger charge is -2.17. The molecule has 0 saturated heterocycles. The van der Waals surface area contributed by atoms with Crippen LogP contribution in [0, 0.1) is 39.0 Å². The number of aromatic nitrogens is 1. The highest BCUT2D eigenvalue weighted by molar-refractivity contribution is 7.29. The lowest BCUT2D eigenvalue weighted by Crippen LogP contribution is -2.35. The van der Waals surface area contributed by atoms with Crippen molar-refractivity contribution in [2.24, 2.45) is 0 Å². The Hall–Kier alpha value is -5.57. The van der Waals surface area contributed by atoms with E-state index in [0.717, 1.165) is 21.9 Å². The van der Waals surface area contributed by atoms with Gasteiger partial charge in [-0.2, -0.15) is 5.26 Å². The van der Waals surface area contributed by atoms with E-state index in [-0.39, 0.29) is 13.0 Å². The third-order valence-electron chi connectivity index (χ3n) is 10.1. The van der Waals surface area contributed by atoms with Gasteiger partial charge in [0.25, 0.3) is 0 Å². The molecule has 1 amide bonds. The van der Waals surface area contributed by atoms with Crippen LogP contribution in [-0.4, -0.2) is 39.5 Å². The van der Waals surface area contributed by atoms with Gasteiger partial charge in [0.2, 0.25) is 5.91 Å². The van der Waals surface area contributed by atoms with Gasteiger partial charge < -0.3 is 14.6 Å². The molecule has 8 aromatic rings. The van der Waals surface area contributed by atoms with Gasteiger partial charge in [-0.05, 0) is 110 Å². The minimum Gasteiger partial charge on any atom is -0.480 e. The molecule has 0 aliphatic rings. The Morgan fingerprint density at radius 1 is 0.702 bits per heavy atom. The first-order valence-corrected chi connectivity index (χ1v) is 21.9. The number of hydrogen-bond donors (Lipinski definition) is 1. The van der Waals surface area contributed by atoms with Crippen LogP contribution in [0.5, 0.6) is 0 Å². The Bertz CT molecular complexity index is 2880. The summed E-state index contributed by atoms with van der Waals surface area (Å²) in [7, 11) is 0. The first-order chi connectivity index (χ1) is 27.6. The van der Waals surface area contributed by atoms with E-state index in [0.29, 0.717) is 0 Å². The van der Waals surface area contributed by atoms with Gasteiger partial charge >= 0.3 is 5.97 Å². The molecule has 3 aromatic carbocycles. The molecule has 0 unspecified atom stereocenters. The van der Waals surface area contributed by atoms with Crippen LogP contribution in [0.2, 0.25) is 0 Å². The van der Waals surface area contributed by atoms with E-state index in [4.69, 9.17) is 5.26 Å². The third kappa shape index (κ3) is 7.76. The average molecular weight is 822 g/mol. The standard InChI is InChI=1S/C47H39N3O3S4/c1-28-21-40(54-38(28)17-18-43(51)49(20-10-19-48)27-44(52)53)45-30(3)23-42(56-45)47-31(4)24-41(57-47)46-29(2)22-39(55-46)33-15-16-37-35(25-33)34-13-8-9-14-36(34)50(37)26-32-11-6-5-7-12-32/h5-9,11-18,21-25H,10,20,26-27H2,1-4H3,(H,52,53)/b18-17+. The topological polar surface area (TPSA) is 86.3 Å². The van der Waals surface area contributed by atoms with Crippen LogP contribution in [0.3, 0.4) is 0 Å². The van der Waals surface area contributed by atoms with Crippen molar-refractivity contribution >= 4 is 85.1 Å². The number of amides is 1. The van der Waals surface area contributed by atoms with Crippen molar-refractivity contribution in [2.45, 2.75) is 40.7 Å². The molecule has 0 spiro atoms. The van der Waals surface area contributed by atoms with Crippen LogP contribution < -0.4 is 0 Å². The summed E-state index contributed by atoms with van der Waals surface area (Å²) < 4.78 is 2.43. The van der Waals surface area contributed by atoms with E-state index in [1.54, 1.807) is 28.7 Å². The maximum atomic E-state index is 12.8. The van der Waals surface area contributed by atoms with Crippen LogP contribution in [0.15, 0.2) is 103 Å². The number of hydrogen-bond acceptors (Lipinski definition) is 7. The molecule has 0 fully saturated rings. The van der Waals surface area contributed by atoms with Gasteiger partial charge in [0.15, 0.2) is 0 Å². The number of aliphatic carboxylic acids is 1. The summed E-state index contributed by atoms with van der Waals surface area (Å²) in [6.07, 6.45) is 3.25. The largest absolute Gasteiger partial charge is 0.480 e. The van der Waals surface area contributed by atoms with Gasteiger partial charge in [-0.1, -0.05) is 54.6 Å². The average Bonchev–Trinajstić information content (AvgIpc) is 4.03. The van der Waals surface area contributed by atoms with Gasteiger partial charge in [0, 0.05) is 80.0 Å². The van der Waals surface area contributed by atoms with E-state index >= 15 is 0 Å². The van der Waals surface area contributed by atoms with Gasteiger partial charge in [-0.15, -0.1) is 45.3 Å². The molecular weight excluding hydrogens is 783 g/mol. The number of carboxylic acid groups (broad SMARTS) is 1. The van der Waals surface area contributed by atoms with Crippen LogP contribution in [0.4, 0.5) is 0 Å². The van der Waals surface area contributed by atoms with Gasteiger partial charge in [-0.3, -0.25) is 9.59 Å². The maximum Gasteiger partial charge on any atom is 0.323 e. The highest BCUT2D eigenvalue weighted by atomic mass is 32.1. The molecule has 5 heterocycles. The summed E-state index contributed by atoms with van der Waals surface area (Å²) in [6.45, 7) is 9.06. The Labute approximate surface area is 347 Å². The van der Waals surface area contributed by atoms with Crippen LogP contribution >= 0.6 is 45.3 Å². The molecule has 5 aromatic heterocycles. The number of nitriles is 1. The number of thiophene rings is 4. The third-order valence-corrected chi connectivity index (χ3v) is 15.6. The molecule has 0 atom stereocenters. The monoisotopic (exact) mass is 821 g/mol. The van der Waals surface area contributed by atoms with E-state index in [1.807, 2.05) is 35.7 Å². The molecule has 0 aliphatic carbocycles. The predicted octanol–water partition coefficient (Wildman–Crippen LogP) is 12.8. The number of carbonyl (C=O) groups is 2. The summed E-state index contributed by atoms with van der Waals surface area (Å²) >= 11 is 7.13. The van der Waals surface area contributed by atoms with Crippen LogP contribution in [0.1, 0.15) is 39.1 Å². The molecule has 284 valence electrons. The summed E-state index contributed by atoms with van der Waals surface area (Å²) in [6, 6.07) is 37.4. The van der Waals surface area contributed by atoms with Crippen molar-refractivity contribution in [1.82, 2.24) is 9.47 Å². The van der Waals surface area contributed by atoms with Crippen molar-refractivity contribution in [3.05, 3.63) is 136 Å². The molecule has 10 heteroatoms. The fourth-order valence-electron chi connectivity index (χ4n) is 7.33. The maximum absolute atomic E-state index is 12.8. The van der Waals surface area contributed by atoms with Crippen molar-refractivity contribution in [2.75, 3.05) is 13.1 Å². The SMILES string of the molecule is Cc1cc(-c2sc(-c3sc(-c4sc(-c5ccc6c(c5)c5ccccc5n6Cc5ccccc5)cc4C)cc3C)cc2C)sc1/C=C/C(=O)N(CCC#N)CC(=O)O. The van der Waals surface area contributed by atoms with E-state index in [1.165, 1.54) is 89.9 Å². The zero-order valence-corrected chi connectivity index (χ0v) is 35.2. The summed E-state index contributed by atoms with van der Waals surface area (Å²) in [5, 5.41) is 20.7. The van der Waals surface area contributed by atoms with Crippen molar-refractivity contribution in [3.8, 4) is 45.8 Å². The first kappa shape index (κ1) is 38.3. The number of carbonyl (C=O) groups excluding carboxylic acids is 1. The minimum absolute atomic E-state index is 0.0772. The van der Waals surface area contributed by atoms with Crippen molar-refractivity contribution in [3.63, 3.8) is 0 Å². The number of para-hydroxylation sites is 1. The van der Waals surface area contributed by atoms with Gasteiger partial charge in [0.05, 0.1) is 12.5 Å². The van der Waals surface area contributed by atoms with Crippen molar-refractivity contribution in [1.29, 1.82) is 5.26 Å². The molecule has 0 saturated carbocycles. The fourth-order valence-corrected chi connectivity index (χ4v) is 12.4. The second-order valence-corrected chi connectivity index (χ2v) is 18.5. The lowest BCUT2D eigenvalue weighted by atomic mass is 10.1. The Kier molecular flexibility index (Phi) is 10.8. The second kappa shape index (κ2) is 16.1. The van der Waals surface area contributed by atoms with Crippen molar-refractivity contribution < 1.29 is 14.7 Å². The van der Waals surface area contributed by atoms with Crippen LogP contribution in [0.25, 0.3) is 67.6 Å². The number of benzene rings is 3. The highest BCUT2D eigenvalue weighted by Crippen LogP contribution is 2.49. The molecule has 0 radical (unpaired) electrons. The molecule has 8 rings (SSSR count). The van der Waals surface area contributed by atoms with E-state index < -0.39 is 18.4 Å². The first-order valence-electron chi connectivity index (χ1n) is 18.6. The molecule has 0 aliphatic heterocycles. The molecule has 0 bridgehead atoms. The normalized spacial score (nSPS) is 11.6. The predicted molar refractivity (Wildman–Crippen MR) is 241 cm³/mol. The quantitative estimate of drug-likeness (QED) is 0.124. The Balaban J connectivity index is 1.05. The summed E-state index contributed by atoms with van der Waals surface area (Å²) in [4.78, 5) is 34.9. The number of carboxylic acids is 1. The zero-order chi connectivity index (χ0) is 39.8. The van der Waals surface area contributed by atoms with E-state index in [2.05, 4.69) is 122 Å². The fraction of sp³-hybridized carbons (Fsp3) is 0.170. The number of nitrogens with zero attached hydrogens (tertiary/aromatic N) is 3. The summed E-state index contributed by atoms with van der Waals surface area (Å²) in [5.41, 5.74) is 9.81. The number of rotatable bonds is 12.